The maximum Gasteiger partial charge on any atom is 0.140 e. The highest BCUT2D eigenvalue weighted by molar-refractivity contribution is 5.50. The number of hydrogen-bond acceptors (Lipinski definition) is 3. The molecule has 0 amide bonds. The van der Waals surface area contributed by atoms with Gasteiger partial charge in [-0.2, -0.15) is 0 Å². The Morgan fingerprint density at radius 3 is 2.93 bits per heavy atom. The molecule has 2 aromatic heterocycles. The minimum atomic E-state index is -0.373. The molecule has 0 radical (unpaired) electrons. The second-order valence-corrected chi connectivity index (χ2v) is 3.76. The predicted octanol–water partition coefficient (Wildman–Crippen LogP) is 0.943. The van der Waals surface area contributed by atoms with E-state index >= 15 is 0 Å². The number of hydrogen-bond donors (Lipinski definition) is 2. The van der Waals surface area contributed by atoms with Crippen molar-refractivity contribution in [2.24, 2.45) is 5.73 Å². The van der Waals surface area contributed by atoms with Gasteiger partial charge in [-0.15, -0.1) is 0 Å². The highest BCUT2D eigenvalue weighted by atomic mass is 16.3. The molecule has 2 heterocycles. The molecule has 4 nitrogen and oxygen atoms in total. The summed E-state index contributed by atoms with van der Waals surface area (Å²) in [6, 6.07) is 3.59. The van der Waals surface area contributed by atoms with Gasteiger partial charge < -0.3 is 15.2 Å². The van der Waals surface area contributed by atoms with Crippen molar-refractivity contribution < 1.29 is 5.11 Å². The summed E-state index contributed by atoms with van der Waals surface area (Å²) in [7, 11) is 0. The molecule has 3 N–H and O–H groups in total. The van der Waals surface area contributed by atoms with Crippen molar-refractivity contribution in [3.8, 4) is 0 Å². The van der Waals surface area contributed by atoms with Crippen molar-refractivity contribution >= 4 is 5.65 Å². The number of rotatable bonds is 2. The minimum absolute atomic E-state index is 0.0669. The highest BCUT2D eigenvalue weighted by Crippen LogP contribution is 2.19. The molecule has 0 spiro atoms. The minimum Gasteiger partial charge on any atom is -0.394 e. The number of aliphatic hydroxyl groups excluding tert-OH is 1. The van der Waals surface area contributed by atoms with E-state index in [1.807, 2.05) is 36.6 Å². The fourth-order valence-electron chi connectivity index (χ4n) is 1.87. The van der Waals surface area contributed by atoms with E-state index in [1.54, 1.807) is 0 Å². The van der Waals surface area contributed by atoms with Crippen LogP contribution in [0.5, 0.6) is 0 Å². The van der Waals surface area contributed by atoms with Crippen molar-refractivity contribution in [2.45, 2.75) is 19.9 Å². The maximum atomic E-state index is 9.09. The number of imidazole rings is 1. The van der Waals surface area contributed by atoms with Crippen molar-refractivity contribution in [1.29, 1.82) is 0 Å². The zero-order chi connectivity index (χ0) is 11.0. The van der Waals surface area contributed by atoms with Gasteiger partial charge in [-0.1, -0.05) is 6.07 Å². The molecule has 1 atom stereocenters. The Morgan fingerprint density at radius 1 is 1.53 bits per heavy atom. The Morgan fingerprint density at radius 2 is 2.27 bits per heavy atom. The molecule has 0 fully saturated rings. The standard InChI is InChI=1S/C11H15N3O/c1-7-4-3-5-14-10(9(12)6-15)8(2)13-11(7)14/h3-5,9,15H,6,12H2,1-2H3. The number of nitrogens with zero attached hydrogens (tertiary/aromatic N) is 2. The third-order valence-corrected chi connectivity index (χ3v) is 2.61. The summed E-state index contributed by atoms with van der Waals surface area (Å²) in [6.45, 7) is 3.86. The van der Waals surface area contributed by atoms with Gasteiger partial charge in [-0.05, 0) is 25.5 Å². The van der Waals surface area contributed by atoms with Gasteiger partial charge in [-0.3, -0.25) is 0 Å². The molecule has 0 aliphatic carbocycles. The lowest BCUT2D eigenvalue weighted by atomic mass is 10.2. The van der Waals surface area contributed by atoms with Crippen LogP contribution >= 0.6 is 0 Å². The largest absolute Gasteiger partial charge is 0.394 e. The van der Waals surface area contributed by atoms with E-state index < -0.39 is 0 Å². The quantitative estimate of drug-likeness (QED) is 0.767. The van der Waals surface area contributed by atoms with Crippen LogP contribution in [0.3, 0.4) is 0 Å². The van der Waals surface area contributed by atoms with Crippen molar-refractivity contribution in [1.82, 2.24) is 9.38 Å². The van der Waals surface area contributed by atoms with Gasteiger partial charge in [0.1, 0.15) is 5.65 Å². The number of aryl methyl sites for hydroxylation is 2. The number of nitrogens with two attached hydrogens (primary N) is 1. The van der Waals surface area contributed by atoms with E-state index in [9.17, 15) is 0 Å². The molecule has 2 aromatic rings. The molecule has 80 valence electrons. The maximum absolute atomic E-state index is 9.09. The second-order valence-electron chi connectivity index (χ2n) is 3.76. The zero-order valence-electron chi connectivity index (χ0n) is 8.94. The Balaban J connectivity index is 2.73. The number of aliphatic hydroxyl groups is 1. The van der Waals surface area contributed by atoms with Crippen LogP contribution in [0.25, 0.3) is 5.65 Å². The fraction of sp³-hybridized carbons (Fsp3) is 0.364. The first kappa shape index (κ1) is 10.1. The third-order valence-electron chi connectivity index (χ3n) is 2.61. The van der Waals surface area contributed by atoms with Gasteiger partial charge in [0, 0.05) is 6.20 Å². The molecule has 0 bridgehead atoms. The monoisotopic (exact) mass is 205 g/mol. The van der Waals surface area contributed by atoms with Crippen LogP contribution in [-0.2, 0) is 0 Å². The number of aromatic nitrogens is 2. The summed E-state index contributed by atoms with van der Waals surface area (Å²) in [5.74, 6) is 0. The van der Waals surface area contributed by atoms with E-state index in [0.717, 1.165) is 22.6 Å². The Hall–Kier alpha value is -1.39. The summed E-state index contributed by atoms with van der Waals surface area (Å²) in [5, 5.41) is 9.09. The Bertz CT molecular complexity index is 490. The molecule has 0 aliphatic rings. The lowest BCUT2D eigenvalue weighted by molar-refractivity contribution is 0.265. The first-order valence-electron chi connectivity index (χ1n) is 4.95. The average Bonchev–Trinajstić information content (AvgIpc) is 2.55. The van der Waals surface area contributed by atoms with Gasteiger partial charge in [0.05, 0.1) is 24.0 Å². The van der Waals surface area contributed by atoms with E-state index in [0.29, 0.717) is 0 Å². The lowest BCUT2D eigenvalue weighted by Gasteiger charge is -2.09. The van der Waals surface area contributed by atoms with Crippen LogP contribution in [0.2, 0.25) is 0 Å². The van der Waals surface area contributed by atoms with Crippen molar-refractivity contribution in [3.05, 3.63) is 35.3 Å². The summed E-state index contributed by atoms with van der Waals surface area (Å²) >= 11 is 0. The van der Waals surface area contributed by atoms with Gasteiger partial charge >= 0.3 is 0 Å². The summed E-state index contributed by atoms with van der Waals surface area (Å²) < 4.78 is 1.95. The molecular formula is C11H15N3O. The van der Waals surface area contributed by atoms with Crippen LogP contribution in [0, 0.1) is 13.8 Å². The van der Waals surface area contributed by atoms with Crippen LogP contribution in [0.15, 0.2) is 18.3 Å². The lowest BCUT2D eigenvalue weighted by Crippen LogP contribution is -2.17. The highest BCUT2D eigenvalue weighted by Gasteiger charge is 2.15. The van der Waals surface area contributed by atoms with Gasteiger partial charge in [0.15, 0.2) is 0 Å². The molecule has 2 rings (SSSR count). The van der Waals surface area contributed by atoms with E-state index in [4.69, 9.17) is 10.8 Å². The average molecular weight is 205 g/mol. The van der Waals surface area contributed by atoms with E-state index in [-0.39, 0.29) is 12.6 Å². The van der Waals surface area contributed by atoms with Crippen LogP contribution in [0.1, 0.15) is 23.0 Å². The summed E-state index contributed by atoms with van der Waals surface area (Å²) in [6.07, 6.45) is 1.92. The molecule has 1 unspecified atom stereocenters. The fourth-order valence-corrected chi connectivity index (χ4v) is 1.87. The number of pyridine rings is 1. The zero-order valence-corrected chi connectivity index (χ0v) is 8.94. The molecule has 0 saturated heterocycles. The van der Waals surface area contributed by atoms with E-state index in [2.05, 4.69) is 4.98 Å². The Labute approximate surface area is 88.4 Å². The van der Waals surface area contributed by atoms with Crippen molar-refractivity contribution in [3.63, 3.8) is 0 Å². The molecule has 0 aromatic carbocycles. The smallest absolute Gasteiger partial charge is 0.140 e. The normalized spacial score (nSPS) is 13.3. The first-order chi connectivity index (χ1) is 7.15. The van der Waals surface area contributed by atoms with Crippen LogP contribution < -0.4 is 5.73 Å². The summed E-state index contributed by atoms with van der Waals surface area (Å²) in [5.41, 5.74) is 9.63. The second kappa shape index (κ2) is 3.64. The molecule has 0 aliphatic heterocycles. The third kappa shape index (κ3) is 1.52. The molecule has 4 heteroatoms. The van der Waals surface area contributed by atoms with Crippen LogP contribution in [-0.4, -0.2) is 21.1 Å². The molecular weight excluding hydrogens is 190 g/mol. The molecule has 15 heavy (non-hydrogen) atoms. The van der Waals surface area contributed by atoms with Crippen molar-refractivity contribution in [2.75, 3.05) is 6.61 Å². The molecule has 0 saturated carbocycles. The predicted molar refractivity (Wildman–Crippen MR) is 58.7 cm³/mol. The van der Waals surface area contributed by atoms with Gasteiger partial charge in [0.2, 0.25) is 0 Å². The number of fused-ring (bicyclic) bond motifs is 1. The SMILES string of the molecule is Cc1nc2c(C)cccn2c1C(N)CO. The van der Waals surface area contributed by atoms with Gasteiger partial charge in [0.25, 0.3) is 0 Å². The Kier molecular flexibility index (Phi) is 2.46. The first-order valence-corrected chi connectivity index (χ1v) is 4.95. The van der Waals surface area contributed by atoms with Gasteiger partial charge in [-0.25, -0.2) is 4.98 Å². The summed E-state index contributed by atoms with van der Waals surface area (Å²) in [4.78, 5) is 4.45. The van der Waals surface area contributed by atoms with Crippen LogP contribution in [0.4, 0.5) is 0 Å². The topological polar surface area (TPSA) is 63.5 Å². The van der Waals surface area contributed by atoms with E-state index in [1.165, 1.54) is 0 Å².